The molecular weight excluding hydrogens is 490 g/mol. The van der Waals surface area contributed by atoms with Crippen LogP contribution >= 0.6 is 0 Å². The van der Waals surface area contributed by atoms with Crippen molar-refractivity contribution in [2.75, 3.05) is 0 Å². The van der Waals surface area contributed by atoms with Crippen LogP contribution in [0.2, 0.25) is 0 Å². The van der Waals surface area contributed by atoms with E-state index in [2.05, 4.69) is 9.69 Å². The highest BCUT2D eigenvalue weighted by molar-refractivity contribution is 7.91. The molecule has 0 fully saturated rings. The summed E-state index contributed by atoms with van der Waals surface area (Å²) in [5.74, 6) is -0.845. The number of aryl methyl sites for hydroxylation is 2. The van der Waals surface area contributed by atoms with Gasteiger partial charge in [-0.2, -0.15) is 0 Å². The minimum absolute atomic E-state index is 0.0337. The Balaban J connectivity index is 2.02. The third-order valence-electron chi connectivity index (χ3n) is 6.28. The maximum absolute atomic E-state index is 14.2. The molecule has 0 N–H and O–H groups in total. The number of rotatable bonds is 6. The maximum atomic E-state index is 14.2. The van der Waals surface area contributed by atoms with Gasteiger partial charge in [0.25, 0.3) is 0 Å². The molecule has 4 aromatic carbocycles. The summed E-state index contributed by atoms with van der Waals surface area (Å²) in [6.07, 6.45) is 0. The fourth-order valence-electron chi connectivity index (χ4n) is 4.62. The van der Waals surface area contributed by atoms with Gasteiger partial charge in [-0.3, -0.25) is 0 Å². The summed E-state index contributed by atoms with van der Waals surface area (Å²) >= 11 is 0. The lowest BCUT2D eigenvalue weighted by atomic mass is 9.94. The largest absolute Gasteiger partial charge is 0.312 e. The molecule has 0 saturated heterocycles. The van der Waals surface area contributed by atoms with Crippen molar-refractivity contribution in [2.24, 2.45) is 0 Å². The van der Waals surface area contributed by atoms with Crippen LogP contribution in [-0.4, -0.2) is 8.42 Å². The molecule has 0 aliphatic heterocycles. The van der Waals surface area contributed by atoms with Gasteiger partial charge in [0.15, 0.2) is 0 Å². The molecule has 0 bridgehead atoms. The van der Waals surface area contributed by atoms with Gasteiger partial charge < -0.3 is 9.69 Å². The minimum atomic E-state index is -4.19. The van der Waals surface area contributed by atoms with Gasteiger partial charge in [-0.25, -0.2) is 30.3 Å². The average Bonchev–Trinajstić information content (AvgIpc) is 2.86. The van der Waals surface area contributed by atoms with Gasteiger partial charge in [0.2, 0.25) is 22.9 Å². The van der Waals surface area contributed by atoms with E-state index in [-0.39, 0.29) is 22.9 Å². The summed E-state index contributed by atoms with van der Waals surface area (Å²) in [6.45, 7) is 18.2. The lowest BCUT2D eigenvalue weighted by Crippen LogP contribution is -2.11. The second-order valence-corrected chi connectivity index (χ2v) is 10.5. The summed E-state index contributed by atoms with van der Waals surface area (Å²) in [7, 11) is -4.19. The van der Waals surface area contributed by atoms with Crippen molar-refractivity contribution in [3.63, 3.8) is 0 Å². The quantitative estimate of drug-likeness (QED) is 0.250. The van der Waals surface area contributed by atoms with Crippen molar-refractivity contribution in [3.05, 3.63) is 130 Å². The lowest BCUT2D eigenvalue weighted by molar-refractivity contribution is 0.594. The zero-order valence-corrected chi connectivity index (χ0v) is 21.0. The molecule has 184 valence electrons. The van der Waals surface area contributed by atoms with Crippen molar-refractivity contribution in [1.29, 1.82) is 0 Å². The van der Waals surface area contributed by atoms with E-state index in [4.69, 9.17) is 13.1 Å². The highest BCUT2D eigenvalue weighted by Crippen LogP contribution is 2.39. The number of nitrogens with zero attached hydrogens (tertiary/aromatic N) is 2. The van der Waals surface area contributed by atoms with Crippen molar-refractivity contribution >= 4 is 9.84 Å². The Labute approximate surface area is 215 Å². The molecule has 4 aromatic rings. The highest BCUT2D eigenvalue weighted by Gasteiger charge is 2.30. The Morgan fingerprint density at radius 2 is 0.973 bits per heavy atom. The third-order valence-corrected chi connectivity index (χ3v) is 8.20. The Bertz CT molecular complexity index is 1560. The maximum Gasteiger partial charge on any atom is 0.241 e. The second kappa shape index (κ2) is 10.3. The van der Waals surface area contributed by atoms with Gasteiger partial charge >= 0.3 is 0 Å². The molecule has 0 aliphatic carbocycles. The van der Waals surface area contributed by atoms with Crippen LogP contribution in [0, 0.1) is 38.6 Å². The van der Waals surface area contributed by atoms with Crippen LogP contribution < -0.4 is 0 Å². The van der Waals surface area contributed by atoms with Crippen LogP contribution in [0.15, 0.2) is 82.6 Å². The van der Waals surface area contributed by atoms with Crippen LogP contribution in [0.1, 0.15) is 22.3 Å². The molecule has 4 nitrogen and oxygen atoms in total. The predicted octanol–water partition coefficient (Wildman–Crippen LogP) is 7.59. The van der Waals surface area contributed by atoms with Gasteiger partial charge in [-0.15, -0.1) is 0 Å². The van der Waals surface area contributed by atoms with E-state index in [1.54, 1.807) is 36.4 Å². The molecule has 0 aliphatic rings. The van der Waals surface area contributed by atoms with E-state index < -0.39 is 21.5 Å². The molecule has 0 amide bonds. The number of halogens is 2. The number of benzene rings is 4. The summed E-state index contributed by atoms with van der Waals surface area (Å²) in [5, 5.41) is 0. The predicted molar refractivity (Wildman–Crippen MR) is 139 cm³/mol. The van der Waals surface area contributed by atoms with E-state index >= 15 is 0 Å². The monoisotopic (exact) mass is 512 g/mol. The van der Waals surface area contributed by atoms with Gasteiger partial charge in [-0.1, -0.05) is 36.4 Å². The lowest BCUT2D eigenvalue weighted by Gasteiger charge is -2.18. The van der Waals surface area contributed by atoms with Crippen molar-refractivity contribution in [3.8, 4) is 22.3 Å². The van der Waals surface area contributed by atoms with Gasteiger partial charge in [0.05, 0.1) is 20.9 Å². The van der Waals surface area contributed by atoms with Crippen molar-refractivity contribution in [1.82, 2.24) is 0 Å². The van der Waals surface area contributed by atoms with E-state index in [1.165, 1.54) is 36.4 Å². The van der Waals surface area contributed by atoms with E-state index in [9.17, 15) is 17.2 Å². The Kier molecular flexibility index (Phi) is 7.20. The normalized spacial score (nSPS) is 11.1. The second-order valence-electron chi connectivity index (χ2n) is 8.62. The van der Waals surface area contributed by atoms with Crippen LogP contribution in [0.3, 0.4) is 0 Å². The fraction of sp³-hybridized carbons (Fsp3) is 0.133. The average molecular weight is 513 g/mol. The van der Waals surface area contributed by atoms with Gasteiger partial charge in [0, 0.05) is 0 Å². The SMILES string of the molecule is [C-]#[N+]Cc1c(S(=O)(=O)c2ccc(C)c(-c3ccc(F)cc3)c2C[N+]#[C-])ccc(C)c1-c1ccc(F)cc1. The standard InChI is InChI=1S/C30H22F2N2O2S/c1-19-5-15-27(25(17-33-3)29(19)21-7-11-23(31)12-8-21)37(35,36)28-16-6-20(2)30(26(28)18-34-4)22-9-13-24(32)14-10-22/h5-16H,17-18H2,1-2H3. The number of hydrogen-bond donors (Lipinski definition) is 0. The number of hydrogen-bond acceptors (Lipinski definition) is 2. The summed E-state index contributed by atoms with van der Waals surface area (Å²) in [4.78, 5) is 6.92. The molecule has 0 spiro atoms. The third kappa shape index (κ3) is 4.87. The summed E-state index contributed by atoms with van der Waals surface area (Å²) in [6, 6.07) is 17.7. The fourth-order valence-corrected chi connectivity index (χ4v) is 6.34. The molecule has 0 radical (unpaired) electrons. The molecule has 7 heteroatoms. The molecule has 0 atom stereocenters. The van der Waals surface area contributed by atoms with Crippen LogP contribution in [0.25, 0.3) is 31.9 Å². The van der Waals surface area contributed by atoms with Crippen molar-refractivity contribution in [2.45, 2.75) is 36.7 Å². The summed E-state index contributed by atoms with van der Waals surface area (Å²) in [5.41, 5.74) is 4.48. The van der Waals surface area contributed by atoms with E-state index in [1.807, 2.05) is 13.8 Å². The zero-order chi connectivity index (χ0) is 26.7. The van der Waals surface area contributed by atoms with Gasteiger partial charge in [0.1, 0.15) is 11.6 Å². The Morgan fingerprint density at radius 1 is 0.622 bits per heavy atom. The van der Waals surface area contributed by atoms with E-state index in [0.29, 0.717) is 33.4 Å². The first-order chi connectivity index (χ1) is 17.7. The smallest absolute Gasteiger partial charge is 0.241 e. The van der Waals surface area contributed by atoms with Gasteiger partial charge in [-0.05, 0) is 83.6 Å². The Morgan fingerprint density at radius 3 is 1.30 bits per heavy atom. The van der Waals surface area contributed by atoms with Crippen LogP contribution in [0.4, 0.5) is 8.78 Å². The molecule has 0 unspecified atom stereocenters. The molecular formula is C30H22F2N2O2S. The first-order valence-electron chi connectivity index (χ1n) is 11.4. The topological polar surface area (TPSA) is 42.9 Å². The highest BCUT2D eigenvalue weighted by atomic mass is 32.2. The molecule has 0 heterocycles. The minimum Gasteiger partial charge on any atom is -0.312 e. The first-order valence-corrected chi connectivity index (χ1v) is 12.9. The van der Waals surface area contributed by atoms with Crippen LogP contribution in [-0.2, 0) is 22.9 Å². The molecule has 0 aromatic heterocycles. The van der Waals surface area contributed by atoms with Crippen molar-refractivity contribution < 1.29 is 17.2 Å². The number of sulfone groups is 1. The Hall–Kier alpha value is -4.33. The molecule has 0 saturated carbocycles. The van der Waals surface area contributed by atoms with Crippen LogP contribution in [0.5, 0.6) is 0 Å². The zero-order valence-electron chi connectivity index (χ0n) is 20.2. The first kappa shape index (κ1) is 25.8. The molecule has 4 rings (SSSR count). The summed E-state index contributed by atoms with van der Waals surface area (Å²) < 4.78 is 55.6. The molecule has 37 heavy (non-hydrogen) atoms. The van der Waals surface area contributed by atoms with E-state index in [0.717, 1.165) is 11.1 Å².